The van der Waals surface area contributed by atoms with E-state index in [0.717, 1.165) is 12.8 Å². The predicted molar refractivity (Wildman–Crippen MR) is 80.4 cm³/mol. The SMILES string of the molecule is CCCCNC(=O)Nc1cn(CC)nc1C(=O)OC(C)C. The summed E-state index contributed by atoms with van der Waals surface area (Å²) in [6.07, 6.45) is 3.29. The van der Waals surface area contributed by atoms with Crippen LogP contribution < -0.4 is 10.6 Å². The van der Waals surface area contributed by atoms with Gasteiger partial charge in [0.25, 0.3) is 0 Å². The Balaban J connectivity index is 2.77. The Labute approximate surface area is 125 Å². The quantitative estimate of drug-likeness (QED) is 0.597. The molecule has 7 nitrogen and oxygen atoms in total. The van der Waals surface area contributed by atoms with Gasteiger partial charge in [0.15, 0.2) is 5.69 Å². The molecule has 118 valence electrons. The van der Waals surface area contributed by atoms with Gasteiger partial charge in [0, 0.05) is 19.3 Å². The van der Waals surface area contributed by atoms with Crippen molar-refractivity contribution in [3.63, 3.8) is 0 Å². The number of urea groups is 1. The Morgan fingerprint density at radius 3 is 2.67 bits per heavy atom. The van der Waals surface area contributed by atoms with E-state index in [1.807, 2.05) is 13.8 Å². The standard InChI is InChI=1S/C14H24N4O3/c1-5-7-8-15-14(20)16-11-9-18(6-2)17-12(11)13(19)21-10(3)4/h9-10H,5-8H2,1-4H3,(H2,15,16,20). The zero-order chi connectivity index (χ0) is 15.8. The number of carbonyl (C=O) groups excluding carboxylic acids is 2. The molecule has 0 spiro atoms. The first-order chi connectivity index (χ1) is 9.97. The molecule has 0 aliphatic carbocycles. The highest BCUT2D eigenvalue weighted by Crippen LogP contribution is 2.15. The highest BCUT2D eigenvalue weighted by atomic mass is 16.5. The number of ether oxygens (including phenoxy) is 1. The summed E-state index contributed by atoms with van der Waals surface area (Å²) >= 11 is 0. The monoisotopic (exact) mass is 296 g/mol. The van der Waals surface area contributed by atoms with Gasteiger partial charge in [-0.15, -0.1) is 0 Å². The van der Waals surface area contributed by atoms with Crippen molar-refractivity contribution >= 4 is 17.7 Å². The molecule has 0 fully saturated rings. The van der Waals surface area contributed by atoms with E-state index in [1.54, 1.807) is 24.7 Å². The number of esters is 1. The molecule has 1 heterocycles. The third-order valence-electron chi connectivity index (χ3n) is 2.69. The lowest BCUT2D eigenvalue weighted by Gasteiger charge is -2.08. The fraction of sp³-hybridized carbons (Fsp3) is 0.643. The minimum Gasteiger partial charge on any atom is -0.458 e. The van der Waals surface area contributed by atoms with E-state index in [4.69, 9.17) is 4.74 Å². The number of amides is 2. The number of anilines is 1. The smallest absolute Gasteiger partial charge is 0.361 e. The molecule has 2 amide bonds. The molecule has 0 saturated heterocycles. The second-order valence-corrected chi connectivity index (χ2v) is 4.94. The number of nitrogens with one attached hydrogen (secondary N) is 2. The van der Waals surface area contributed by atoms with Crippen LogP contribution in [-0.2, 0) is 11.3 Å². The van der Waals surface area contributed by atoms with Crippen LogP contribution in [-0.4, -0.2) is 34.4 Å². The molecule has 0 saturated carbocycles. The molecule has 0 atom stereocenters. The highest BCUT2D eigenvalue weighted by Gasteiger charge is 2.20. The Morgan fingerprint density at radius 2 is 2.10 bits per heavy atom. The third-order valence-corrected chi connectivity index (χ3v) is 2.69. The number of nitrogens with zero attached hydrogens (tertiary/aromatic N) is 2. The minimum atomic E-state index is -0.541. The summed E-state index contributed by atoms with van der Waals surface area (Å²) in [5, 5.41) is 9.50. The first kappa shape index (κ1) is 17.0. The summed E-state index contributed by atoms with van der Waals surface area (Å²) < 4.78 is 6.71. The number of carbonyl (C=O) groups is 2. The number of hydrogen-bond acceptors (Lipinski definition) is 4. The van der Waals surface area contributed by atoms with E-state index < -0.39 is 5.97 Å². The maximum absolute atomic E-state index is 12.0. The van der Waals surface area contributed by atoms with Gasteiger partial charge in [0.2, 0.25) is 0 Å². The van der Waals surface area contributed by atoms with Gasteiger partial charge in [-0.05, 0) is 27.2 Å². The van der Waals surface area contributed by atoms with Crippen molar-refractivity contribution in [2.45, 2.75) is 53.2 Å². The summed E-state index contributed by atoms with van der Waals surface area (Å²) in [4.78, 5) is 23.7. The molecule has 0 bridgehead atoms. The van der Waals surface area contributed by atoms with Gasteiger partial charge in [-0.1, -0.05) is 13.3 Å². The van der Waals surface area contributed by atoms with Crippen LogP contribution in [0.4, 0.5) is 10.5 Å². The lowest BCUT2D eigenvalue weighted by molar-refractivity contribution is 0.0371. The topological polar surface area (TPSA) is 85.3 Å². The van der Waals surface area contributed by atoms with Crippen LogP contribution in [0, 0.1) is 0 Å². The highest BCUT2D eigenvalue weighted by molar-refractivity contribution is 5.99. The van der Waals surface area contributed by atoms with Crippen molar-refractivity contribution in [3.8, 4) is 0 Å². The van der Waals surface area contributed by atoms with Gasteiger partial charge < -0.3 is 15.4 Å². The van der Waals surface area contributed by atoms with Crippen LogP contribution in [0.2, 0.25) is 0 Å². The maximum Gasteiger partial charge on any atom is 0.361 e. The van der Waals surface area contributed by atoms with Crippen molar-refractivity contribution in [1.82, 2.24) is 15.1 Å². The van der Waals surface area contributed by atoms with E-state index in [-0.39, 0.29) is 17.8 Å². The molecule has 0 unspecified atom stereocenters. The Morgan fingerprint density at radius 1 is 1.38 bits per heavy atom. The minimum absolute atomic E-state index is 0.121. The van der Waals surface area contributed by atoms with E-state index >= 15 is 0 Å². The zero-order valence-corrected chi connectivity index (χ0v) is 13.1. The van der Waals surface area contributed by atoms with Gasteiger partial charge in [-0.2, -0.15) is 5.10 Å². The van der Waals surface area contributed by atoms with E-state index in [2.05, 4.69) is 15.7 Å². The summed E-state index contributed by atoms with van der Waals surface area (Å²) in [7, 11) is 0. The largest absolute Gasteiger partial charge is 0.458 e. The molecule has 1 rings (SSSR count). The van der Waals surface area contributed by atoms with Crippen LogP contribution in [0.15, 0.2) is 6.20 Å². The second-order valence-electron chi connectivity index (χ2n) is 4.94. The first-order valence-corrected chi connectivity index (χ1v) is 7.31. The number of aryl methyl sites for hydroxylation is 1. The maximum atomic E-state index is 12.0. The normalized spacial score (nSPS) is 10.5. The van der Waals surface area contributed by atoms with Crippen molar-refractivity contribution in [3.05, 3.63) is 11.9 Å². The van der Waals surface area contributed by atoms with Crippen molar-refractivity contribution in [2.24, 2.45) is 0 Å². The van der Waals surface area contributed by atoms with E-state index in [1.165, 1.54) is 0 Å². The average Bonchev–Trinajstić information content (AvgIpc) is 2.81. The fourth-order valence-electron chi connectivity index (χ4n) is 1.64. The lowest BCUT2D eigenvalue weighted by Crippen LogP contribution is -2.30. The van der Waals surface area contributed by atoms with Crippen LogP contribution in [0.1, 0.15) is 51.0 Å². The average molecular weight is 296 g/mol. The van der Waals surface area contributed by atoms with Gasteiger partial charge in [0.1, 0.15) is 0 Å². The summed E-state index contributed by atoms with van der Waals surface area (Å²) in [6, 6.07) is -0.349. The molecule has 7 heteroatoms. The molecule has 0 radical (unpaired) electrons. The summed E-state index contributed by atoms with van der Waals surface area (Å²) in [5.74, 6) is -0.541. The first-order valence-electron chi connectivity index (χ1n) is 7.31. The Hall–Kier alpha value is -2.05. The molecular weight excluding hydrogens is 272 g/mol. The van der Waals surface area contributed by atoms with Crippen LogP contribution in [0.5, 0.6) is 0 Å². The number of aromatic nitrogens is 2. The lowest BCUT2D eigenvalue weighted by atomic mass is 10.3. The number of rotatable bonds is 7. The third kappa shape index (κ3) is 5.45. The predicted octanol–water partition coefficient (Wildman–Crippen LogP) is 2.39. The Bertz CT molecular complexity index is 483. The Kier molecular flexibility index (Phi) is 6.71. The van der Waals surface area contributed by atoms with Gasteiger partial charge in [-0.3, -0.25) is 4.68 Å². The molecule has 1 aromatic heterocycles. The molecule has 21 heavy (non-hydrogen) atoms. The van der Waals surface area contributed by atoms with E-state index in [0.29, 0.717) is 18.8 Å². The summed E-state index contributed by atoms with van der Waals surface area (Å²) in [6.45, 7) is 8.66. The van der Waals surface area contributed by atoms with Crippen molar-refractivity contribution in [1.29, 1.82) is 0 Å². The molecule has 0 aliphatic rings. The molecule has 2 N–H and O–H groups in total. The van der Waals surface area contributed by atoms with Crippen LogP contribution >= 0.6 is 0 Å². The number of unbranched alkanes of at least 4 members (excludes halogenated alkanes) is 1. The second kappa shape index (κ2) is 8.28. The van der Waals surface area contributed by atoms with E-state index in [9.17, 15) is 9.59 Å². The molecule has 0 aromatic carbocycles. The van der Waals surface area contributed by atoms with Crippen molar-refractivity contribution < 1.29 is 14.3 Å². The van der Waals surface area contributed by atoms with Crippen LogP contribution in [0.3, 0.4) is 0 Å². The molecular formula is C14H24N4O3. The zero-order valence-electron chi connectivity index (χ0n) is 13.1. The van der Waals surface area contributed by atoms with Crippen LogP contribution in [0.25, 0.3) is 0 Å². The molecule has 1 aromatic rings. The fourth-order valence-corrected chi connectivity index (χ4v) is 1.64. The molecule has 0 aliphatic heterocycles. The van der Waals surface area contributed by atoms with Gasteiger partial charge >= 0.3 is 12.0 Å². The van der Waals surface area contributed by atoms with Crippen molar-refractivity contribution in [2.75, 3.05) is 11.9 Å². The summed E-state index contributed by atoms with van der Waals surface area (Å²) in [5.41, 5.74) is 0.479. The number of hydrogen-bond donors (Lipinski definition) is 2. The van der Waals surface area contributed by atoms with Gasteiger partial charge in [0.05, 0.1) is 11.8 Å². The van der Waals surface area contributed by atoms with Gasteiger partial charge in [-0.25, -0.2) is 9.59 Å².